The first-order valence-electron chi connectivity index (χ1n) is 6.22. The van der Waals surface area contributed by atoms with Crippen LogP contribution in [0.4, 0.5) is 0 Å². The second-order valence-electron chi connectivity index (χ2n) is 4.77. The van der Waals surface area contributed by atoms with Crippen LogP contribution in [0.2, 0.25) is 0 Å². The summed E-state index contributed by atoms with van der Waals surface area (Å²) in [6.07, 6.45) is 0.285. The molecule has 3 N–H and O–H groups in total. The van der Waals surface area contributed by atoms with E-state index in [4.69, 9.17) is 15.9 Å². The van der Waals surface area contributed by atoms with E-state index < -0.39 is 0 Å². The molecule has 0 atom stereocenters. The van der Waals surface area contributed by atoms with Gasteiger partial charge >= 0.3 is 0 Å². The molecule has 0 heterocycles. The second-order valence-corrected chi connectivity index (χ2v) is 4.77. The van der Waals surface area contributed by atoms with E-state index in [1.165, 1.54) is 5.56 Å². The molecule has 0 saturated heterocycles. The number of nitrogens with two attached hydrogens (primary N) is 1. The summed E-state index contributed by atoms with van der Waals surface area (Å²) in [6, 6.07) is 7.79. The summed E-state index contributed by atoms with van der Waals surface area (Å²) >= 11 is 0. The molecule has 4 heteroatoms. The Morgan fingerprint density at radius 1 is 1.33 bits per heavy atom. The first-order chi connectivity index (χ1) is 8.49. The predicted molar refractivity (Wildman–Crippen MR) is 74.9 cm³/mol. The molecule has 0 aliphatic rings. The zero-order valence-electron chi connectivity index (χ0n) is 11.4. The first kappa shape index (κ1) is 14.7. The number of nitrogens with one attached hydrogen (secondary N) is 1. The first-order valence-corrected chi connectivity index (χ1v) is 6.22. The molecule has 1 aromatic rings. The molecule has 100 valence electrons. The van der Waals surface area contributed by atoms with E-state index in [9.17, 15) is 0 Å². The van der Waals surface area contributed by atoms with Gasteiger partial charge in [0, 0.05) is 18.7 Å². The molecular weight excluding hydrogens is 226 g/mol. The Morgan fingerprint density at radius 2 is 1.94 bits per heavy atom. The molecule has 0 bridgehead atoms. The van der Waals surface area contributed by atoms with Crippen molar-refractivity contribution in [1.82, 2.24) is 4.90 Å². The highest BCUT2D eigenvalue weighted by atomic mass is 16.5. The average Bonchev–Trinajstić information content (AvgIpc) is 2.29. The van der Waals surface area contributed by atoms with E-state index in [2.05, 4.69) is 11.9 Å². The standard InChI is InChI=1S/C14H23N3O/c1-11(2)18-9-8-17(3)10-12-4-6-13(7-5-12)14(15)16/h4-7,11H,8-10H2,1-3H3,(H3,15,16). The van der Waals surface area contributed by atoms with Crippen molar-refractivity contribution in [3.63, 3.8) is 0 Å². The number of likely N-dealkylation sites (N-methyl/N-ethyl adjacent to an activating group) is 1. The minimum atomic E-state index is 0.111. The van der Waals surface area contributed by atoms with Gasteiger partial charge in [-0.2, -0.15) is 0 Å². The Hall–Kier alpha value is -1.39. The molecule has 1 aromatic carbocycles. The zero-order chi connectivity index (χ0) is 13.5. The van der Waals surface area contributed by atoms with Crippen LogP contribution in [0.3, 0.4) is 0 Å². The lowest BCUT2D eigenvalue weighted by Crippen LogP contribution is -2.24. The molecule has 0 aromatic heterocycles. The summed E-state index contributed by atoms with van der Waals surface area (Å²) in [5, 5.41) is 7.33. The number of nitrogen functional groups attached to an aromatic ring is 1. The van der Waals surface area contributed by atoms with Crippen LogP contribution in [0.25, 0.3) is 0 Å². The third kappa shape index (κ3) is 5.29. The summed E-state index contributed by atoms with van der Waals surface area (Å²) < 4.78 is 5.51. The van der Waals surface area contributed by atoms with E-state index in [0.717, 1.165) is 25.3 Å². The lowest BCUT2D eigenvalue weighted by molar-refractivity contribution is 0.0627. The highest BCUT2D eigenvalue weighted by Crippen LogP contribution is 2.06. The van der Waals surface area contributed by atoms with Crippen LogP contribution in [-0.4, -0.2) is 37.0 Å². The molecule has 4 nitrogen and oxygen atoms in total. The van der Waals surface area contributed by atoms with Crippen molar-refractivity contribution in [2.75, 3.05) is 20.2 Å². The largest absolute Gasteiger partial charge is 0.384 e. The number of amidine groups is 1. The van der Waals surface area contributed by atoms with Crippen molar-refractivity contribution in [3.8, 4) is 0 Å². The third-order valence-electron chi connectivity index (χ3n) is 2.64. The molecule has 0 radical (unpaired) electrons. The highest BCUT2D eigenvalue weighted by Gasteiger charge is 2.02. The number of nitrogens with zero attached hydrogens (tertiary/aromatic N) is 1. The third-order valence-corrected chi connectivity index (χ3v) is 2.64. The fourth-order valence-corrected chi connectivity index (χ4v) is 1.62. The van der Waals surface area contributed by atoms with Gasteiger partial charge in [-0.25, -0.2) is 0 Å². The van der Waals surface area contributed by atoms with E-state index in [1.807, 2.05) is 38.1 Å². The van der Waals surface area contributed by atoms with Gasteiger partial charge < -0.3 is 10.5 Å². The smallest absolute Gasteiger partial charge is 0.122 e. The minimum Gasteiger partial charge on any atom is -0.384 e. The second kappa shape index (κ2) is 7.13. The molecule has 18 heavy (non-hydrogen) atoms. The lowest BCUT2D eigenvalue weighted by Gasteiger charge is -2.17. The molecule has 0 aliphatic carbocycles. The average molecular weight is 249 g/mol. The fraction of sp³-hybridized carbons (Fsp3) is 0.500. The van der Waals surface area contributed by atoms with Crippen LogP contribution < -0.4 is 5.73 Å². The van der Waals surface area contributed by atoms with Crippen molar-refractivity contribution in [3.05, 3.63) is 35.4 Å². The van der Waals surface area contributed by atoms with E-state index >= 15 is 0 Å². The van der Waals surface area contributed by atoms with Crippen LogP contribution in [0.1, 0.15) is 25.0 Å². The summed E-state index contributed by atoms with van der Waals surface area (Å²) in [5.74, 6) is 0.111. The Labute approximate surface area is 109 Å². The Kier molecular flexibility index (Phi) is 5.82. The molecule has 0 fully saturated rings. The Balaban J connectivity index is 2.39. The topological polar surface area (TPSA) is 62.3 Å². The van der Waals surface area contributed by atoms with Gasteiger partial charge in [0.25, 0.3) is 0 Å². The number of rotatable bonds is 7. The van der Waals surface area contributed by atoms with Crippen molar-refractivity contribution >= 4 is 5.84 Å². The maximum atomic E-state index is 7.33. The maximum absolute atomic E-state index is 7.33. The van der Waals surface area contributed by atoms with Gasteiger partial charge in [-0.15, -0.1) is 0 Å². The van der Waals surface area contributed by atoms with Crippen LogP contribution in [0, 0.1) is 5.41 Å². The molecule has 0 aliphatic heterocycles. The zero-order valence-corrected chi connectivity index (χ0v) is 11.4. The molecule has 0 amide bonds. The van der Waals surface area contributed by atoms with Crippen molar-refractivity contribution < 1.29 is 4.74 Å². The number of hydrogen-bond acceptors (Lipinski definition) is 3. The van der Waals surface area contributed by atoms with Crippen LogP contribution in [0.15, 0.2) is 24.3 Å². The summed E-state index contributed by atoms with van der Waals surface area (Å²) in [4.78, 5) is 2.21. The van der Waals surface area contributed by atoms with E-state index in [0.29, 0.717) is 0 Å². The summed E-state index contributed by atoms with van der Waals surface area (Å²) in [5.41, 5.74) is 7.40. The van der Waals surface area contributed by atoms with Gasteiger partial charge in [0.2, 0.25) is 0 Å². The van der Waals surface area contributed by atoms with Crippen LogP contribution >= 0.6 is 0 Å². The van der Waals surface area contributed by atoms with Gasteiger partial charge in [-0.3, -0.25) is 10.3 Å². The highest BCUT2D eigenvalue weighted by molar-refractivity contribution is 5.94. The number of hydrogen-bond donors (Lipinski definition) is 2. The Morgan fingerprint density at radius 3 is 2.44 bits per heavy atom. The van der Waals surface area contributed by atoms with Crippen molar-refractivity contribution in [2.45, 2.75) is 26.5 Å². The minimum absolute atomic E-state index is 0.111. The Bertz CT molecular complexity index is 373. The van der Waals surface area contributed by atoms with Crippen LogP contribution in [-0.2, 0) is 11.3 Å². The normalized spacial score (nSPS) is 11.2. The monoisotopic (exact) mass is 249 g/mol. The van der Waals surface area contributed by atoms with Crippen molar-refractivity contribution in [1.29, 1.82) is 5.41 Å². The van der Waals surface area contributed by atoms with Gasteiger partial charge in [-0.1, -0.05) is 24.3 Å². The number of benzene rings is 1. The summed E-state index contributed by atoms with van der Waals surface area (Å²) in [7, 11) is 2.07. The van der Waals surface area contributed by atoms with Crippen molar-refractivity contribution in [2.24, 2.45) is 5.73 Å². The van der Waals surface area contributed by atoms with Gasteiger partial charge in [0.05, 0.1) is 12.7 Å². The molecule has 0 spiro atoms. The fourth-order valence-electron chi connectivity index (χ4n) is 1.62. The quantitative estimate of drug-likeness (QED) is 0.572. The van der Waals surface area contributed by atoms with Crippen LogP contribution in [0.5, 0.6) is 0 Å². The molecule has 1 rings (SSSR count). The SMILES string of the molecule is CC(C)OCCN(C)Cc1ccc(C(=N)N)cc1. The molecule has 0 saturated carbocycles. The lowest BCUT2D eigenvalue weighted by atomic mass is 10.1. The van der Waals surface area contributed by atoms with Gasteiger partial charge in [0.15, 0.2) is 0 Å². The van der Waals surface area contributed by atoms with Gasteiger partial charge in [-0.05, 0) is 26.5 Å². The van der Waals surface area contributed by atoms with E-state index in [1.54, 1.807) is 0 Å². The molecule has 0 unspecified atom stereocenters. The summed E-state index contributed by atoms with van der Waals surface area (Å²) in [6.45, 7) is 6.62. The van der Waals surface area contributed by atoms with E-state index in [-0.39, 0.29) is 11.9 Å². The number of ether oxygens (including phenoxy) is 1. The molecular formula is C14H23N3O. The maximum Gasteiger partial charge on any atom is 0.122 e. The predicted octanol–water partition coefficient (Wildman–Crippen LogP) is 1.83. The van der Waals surface area contributed by atoms with Gasteiger partial charge in [0.1, 0.15) is 5.84 Å².